The lowest BCUT2D eigenvalue weighted by Gasteiger charge is -2.48. The van der Waals surface area contributed by atoms with Crippen LogP contribution in [0.1, 0.15) is 44.6 Å². The average molecular weight is 336 g/mol. The van der Waals surface area contributed by atoms with Gasteiger partial charge in [0.15, 0.2) is 5.69 Å². The molecule has 0 atom stereocenters. The zero-order valence-electron chi connectivity index (χ0n) is 14.5. The molecule has 1 saturated heterocycles. The molecule has 0 spiro atoms. The monoisotopic (exact) mass is 336 g/mol. The van der Waals surface area contributed by atoms with E-state index in [1.165, 1.54) is 6.07 Å². The molecule has 0 radical (unpaired) electrons. The van der Waals surface area contributed by atoms with Crippen LogP contribution in [0, 0.1) is 0 Å². The van der Waals surface area contributed by atoms with E-state index in [1.54, 1.807) is 11.0 Å². The topological polar surface area (TPSA) is 121 Å². The molecule has 0 saturated carbocycles. The van der Waals surface area contributed by atoms with E-state index in [2.05, 4.69) is 4.98 Å². The third kappa shape index (κ3) is 3.87. The predicted octanol–water partition coefficient (Wildman–Crippen LogP) is 1.54. The van der Waals surface area contributed by atoms with Crippen molar-refractivity contribution < 1.29 is 19.1 Å². The number of amides is 2. The van der Waals surface area contributed by atoms with E-state index in [4.69, 9.17) is 20.9 Å². The number of hydrogen-bond acceptors (Lipinski definition) is 6. The number of likely N-dealkylation sites (tertiary alicyclic amines) is 1. The van der Waals surface area contributed by atoms with Crippen LogP contribution >= 0.6 is 0 Å². The molecule has 1 aromatic heterocycles. The van der Waals surface area contributed by atoms with Gasteiger partial charge in [-0.3, -0.25) is 4.79 Å². The maximum absolute atomic E-state index is 12.0. The molecule has 2 amide bonds. The van der Waals surface area contributed by atoms with E-state index >= 15 is 0 Å². The fraction of sp³-hybridized carbons (Fsp3) is 0.562. The maximum atomic E-state index is 12.0. The lowest BCUT2D eigenvalue weighted by Crippen LogP contribution is -2.66. The van der Waals surface area contributed by atoms with Gasteiger partial charge in [-0.1, -0.05) is 6.92 Å². The summed E-state index contributed by atoms with van der Waals surface area (Å²) in [4.78, 5) is 29.0. The van der Waals surface area contributed by atoms with Gasteiger partial charge in [0.05, 0.1) is 18.8 Å². The molecule has 2 heterocycles. The molecule has 0 bridgehead atoms. The van der Waals surface area contributed by atoms with Crippen molar-refractivity contribution in [2.24, 2.45) is 5.73 Å². The molecule has 0 aromatic carbocycles. The van der Waals surface area contributed by atoms with Crippen molar-refractivity contribution >= 4 is 17.7 Å². The van der Waals surface area contributed by atoms with Crippen LogP contribution in [0.25, 0.3) is 0 Å². The largest absolute Gasteiger partial charge is 0.467 e. The fourth-order valence-electron chi connectivity index (χ4n) is 2.39. The minimum absolute atomic E-state index is 0.0259. The van der Waals surface area contributed by atoms with Crippen molar-refractivity contribution in [1.29, 1.82) is 0 Å². The zero-order chi connectivity index (χ0) is 18.1. The molecule has 4 N–H and O–H groups in total. The summed E-state index contributed by atoms with van der Waals surface area (Å²) in [6, 6.07) is 3.10. The Kier molecular flexibility index (Phi) is 4.59. The number of rotatable bonds is 4. The van der Waals surface area contributed by atoms with Crippen LogP contribution in [0.4, 0.5) is 10.5 Å². The van der Waals surface area contributed by atoms with Gasteiger partial charge in [0.1, 0.15) is 11.2 Å². The number of nitrogens with two attached hydrogens (primary N) is 2. The Balaban J connectivity index is 2.05. The van der Waals surface area contributed by atoms with E-state index in [0.717, 1.165) is 0 Å². The second kappa shape index (κ2) is 6.18. The highest BCUT2D eigenvalue weighted by atomic mass is 16.6. The first-order chi connectivity index (χ1) is 11.1. The number of aromatic nitrogens is 1. The molecule has 0 unspecified atom stereocenters. The van der Waals surface area contributed by atoms with Gasteiger partial charge < -0.3 is 25.8 Å². The van der Waals surface area contributed by atoms with Gasteiger partial charge in [-0.15, -0.1) is 0 Å². The Morgan fingerprint density at radius 2 is 1.96 bits per heavy atom. The summed E-state index contributed by atoms with van der Waals surface area (Å²) >= 11 is 0. The number of primary amides is 1. The van der Waals surface area contributed by atoms with Crippen LogP contribution in [0.3, 0.4) is 0 Å². The molecule has 1 aromatic rings. The number of nitrogens with zero attached hydrogens (tertiary/aromatic N) is 2. The van der Waals surface area contributed by atoms with Gasteiger partial charge in [0, 0.05) is 6.07 Å². The third-order valence-electron chi connectivity index (χ3n) is 3.71. The highest BCUT2D eigenvalue weighted by Crippen LogP contribution is 2.31. The van der Waals surface area contributed by atoms with Gasteiger partial charge >= 0.3 is 6.09 Å². The minimum atomic E-state index is -0.715. The van der Waals surface area contributed by atoms with E-state index in [1.807, 2.05) is 27.7 Å². The molecule has 8 heteroatoms. The normalized spacial score (nSPS) is 16.2. The molecule has 1 fully saturated rings. The molecule has 0 aliphatic carbocycles. The van der Waals surface area contributed by atoms with E-state index < -0.39 is 17.1 Å². The fourth-order valence-corrected chi connectivity index (χ4v) is 2.39. The Bertz CT molecular complexity index is 648. The number of nitrogen functional groups attached to an aromatic ring is 1. The first-order valence-electron chi connectivity index (χ1n) is 7.78. The van der Waals surface area contributed by atoms with Crippen LogP contribution in [-0.4, -0.2) is 46.2 Å². The summed E-state index contributed by atoms with van der Waals surface area (Å²) in [5.74, 6) is -0.462. The first kappa shape index (κ1) is 17.8. The Labute approximate surface area is 141 Å². The van der Waals surface area contributed by atoms with Crippen LogP contribution in [0.5, 0.6) is 5.88 Å². The Morgan fingerprint density at radius 1 is 1.33 bits per heavy atom. The molecule has 132 valence electrons. The second-order valence-electron chi connectivity index (χ2n) is 6.93. The summed E-state index contributed by atoms with van der Waals surface area (Å²) in [5, 5.41) is 0. The van der Waals surface area contributed by atoms with E-state index in [9.17, 15) is 9.59 Å². The number of carbonyl (C=O) groups excluding carboxylic acids is 2. The number of hydrogen-bond donors (Lipinski definition) is 2. The average Bonchev–Trinajstić information content (AvgIpc) is 2.41. The maximum Gasteiger partial charge on any atom is 0.410 e. The summed E-state index contributed by atoms with van der Waals surface area (Å²) in [6.07, 6.45) is 0.294. The lowest BCUT2D eigenvalue weighted by molar-refractivity contribution is -0.0852. The highest BCUT2D eigenvalue weighted by molar-refractivity contribution is 5.95. The summed E-state index contributed by atoms with van der Waals surface area (Å²) in [6.45, 7) is 8.18. The van der Waals surface area contributed by atoms with Crippen molar-refractivity contribution in [3.63, 3.8) is 0 Å². The minimum Gasteiger partial charge on any atom is -0.467 e. The van der Waals surface area contributed by atoms with Crippen LogP contribution < -0.4 is 16.2 Å². The van der Waals surface area contributed by atoms with E-state index in [-0.39, 0.29) is 23.4 Å². The molecule has 8 nitrogen and oxygen atoms in total. The third-order valence-corrected chi connectivity index (χ3v) is 3.71. The Hall–Kier alpha value is -2.51. The van der Waals surface area contributed by atoms with Crippen molar-refractivity contribution in [2.45, 2.75) is 45.3 Å². The number of ether oxygens (including phenoxy) is 2. The SMILES string of the molecule is CCC1(Oc2ccc(N)c(C(N)=O)n2)CN(C(=O)OC(C)(C)C)C1. The summed E-state index contributed by atoms with van der Waals surface area (Å²) in [5.41, 5.74) is 9.97. The van der Waals surface area contributed by atoms with Gasteiger partial charge in [0.2, 0.25) is 5.88 Å². The van der Waals surface area contributed by atoms with Crippen LogP contribution in [-0.2, 0) is 4.74 Å². The molecule has 1 aliphatic rings. The van der Waals surface area contributed by atoms with Gasteiger partial charge in [-0.25, -0.2) is 9.78 Å². The van der Waals surface area contributed by atoms with Crippen molar-refractivity contribution in [1.82, 2.24) is 9.88 Å². The predicted molar refractivity (Wildman–Crippen MR) is 88.6 cm³/mol. The van der Waals surface area contributed by atoms with Crippen molar-refractivity contribution in [2.75, 3.05) is 18.8 Å². The lowest BCUT2D eigenvalue weighted by atomic mass is 9.91. The summed E-state index contributed by atoms with van der Waals surface area (Å²) in [7, 11) is 0. The first-order valence-corrected chi connectivity index (χ1v) is 7.78. The second-order valence-corrected chi connectivity index (χ2v) is 6.93. The van der Waals surface area contributed by atoms with Crippen molar-refractivity contribution in [3.8, 4) is 5.88 Å². The van der Waals surface area contributed by atoms with Crippen molar-refractivity contribution in [3.05, 3.63) is 17.8 Å². The van der Waals surface area contributed by atoms with Crippen LogP contribution in [0.2, 0.25) is 0 Å². The Morgan fingerprint density at radius 3 is 2.46 bits per heavy atom. The summed E-state index contributed by atoms with van der Waals surface area (Å²) < 4.78 is 11.3. The molecular weight excluding hydrogens is 312 g/mol. The number of carbonyl (C=O) groups is 2. The number of anilines is 1. The highest BCUT2D eigenvalue weighted by Gasteiger charge is 2.47. The van der Waals surface area contributed by atoms with E-state index in [0.29, 0.717) is 19.5 Å². The zero-order valence-corrected chi connectivity index (χ0v) is 14.5. The smallest absolute Gasteiger partial charge is 0.410 e. The quantitative estimate of drug-likeness (QED) is 0.860. The standard InChI is InChI=1S/C16H24N4O4/c1-5-16(8-20(9-16)14(22)24-15(2,3)4)23-11-7-6-10(17)12(19-11)13(18)21/h6-7H,5,8-9,17H2,1-4H3,(H2,18,21). The van der Waals surface area contributed by atoms with Gasteiger partial charge in [-0.2, -0.15) is 0 Å². The van der Waals surface area contributed by atoms with Gasteiger partial charge in [-0.05, 0) is 33.3 Å². The number of pyridine rings is 1. The molecular formula is C16H24N4O4. The molecule has 2 rings (SSSR count). The molecule has 24 heavy (non-hydrogen) atoms. The molecule has 1 aliphatic heterocycles. The van der Waals surface area contributed by atoms with Gasteiger partial charge in [0.25, 0.3) is 5.91 Å². The van der Waals surface area contributed by atoms with Crippen LogP contribution in [0.15, 0.2) is 12.1 Å².